The third-order valence-corrected chi connectivity index (χ3v) is 10.6. The van der Waals surface area contributed by atoms with Crippen LogP contribution in [0.3, 0.4) is 0 Å². The second-order valence-electron chi connectivity index (χ2n) is 11.9. The largest absolute Gasteiger partial charge is 0.393 e. The van der Waals surface area contributed by atoms with Crippen LogP contribution in [0.15, 0.2) is 5.57 Å². The van der Waals surface area contributed by atoms with Crippen LogP contribution < -0.4 is 0 Å². The summed E-state index contributed by atoms with van der Waals surface area (Å²) in [4.78, 5) is 0. The molecule has 0 saturated heterocycles. The van der Waals surface area contributed by atoms with Crippen molar-refractivity contribution in [2.75, 3.05) is 0 Å². The molecule has 1 aromatic heterocycles. The average molecular weight is 427 g/mol. The van der Waals surface area contributed by atoms with Gasteiger partial charge in [-0.15, -0.1) is 0 Å². The van der Waals surface area contributed by atoms with E-state index in [0.717, 1.165) is 49.8 Å². The lowest BCUT2D eigenvalue weighted by molar-refractivity contribution is -0.133. The molecular weight excluding hydrogens is 384 g/mol. The number of aromatic nitrogens is 2. The second kappa shape index (κ2) is 7.45. The van der Waals surface area contributed by atoms with Crippen molar-refractivity contribution in [2.24, 2.45) is 34.5 Å². The molecule has 0 spiro atoms. The molecule has 1 heterocycles. The van der Waals surface area contributed by atoms with Crippen LogP contribution in [-0.4, -0.2) is 32.2 Å². The van der Waals surface area contributed by atoms with Crippen LogP contribution in [-0.2, 0) is 6.54 Å². The molecule has 0 amide bonds. The third-order valence-electron chi connectivity index (χ3n) is 10.6. The molecule has 0 unspecified atom stereocenters. The molecule has 0 aromatic carbocycles. The van der Waals surface area contributed by atoms with Gasteiger partial charge >= 0.3 is 0 Å². The van der Waals surface area contributed by atoms with E-state index in [2.05, 4.69) is 45.4 Å². The van der Waals surface area contributed by atoms with Gasteiger partial charge < -0.3 is 10.2 Å². The predicted molar refractivity (Wildman–Crippen MR) is 124 cm³/mol. The van der Waals surface area contributed by atoms with Crippen molar-refractivity contribution in [3.63, 3.8) is 0 Å². The fraction of sp³-hybridized carbons (Fsp3) is 0.815. The lowest BCUT2D eigenvalue weighted by Crippen LogP contribution is -2.54. The molecule has 2 N–H and O–H groups in total. The molecule has 1 aromatic rings. The van der Waals surface area contributed by atoms with Crippen molar-refractivity contribution in [3.05, 3.63) is 22.5 Å². The molecule has 0 bridgehead atoms. The second-order valence-corrected chi connectivity index (χ2v) is 11.9. The summed E-state index contributed by atoms with van der Waals surface area (Å²) in [6.07, 6.45) is 11.0. The van der Waals surface area contributed by atoms with E-state index >= 15 is 0 Å². The first-order chi connectivity index (χ1) is 14.7. The molecular formula is C27H42N2O2. The predicted octanol–water partition coefficient (Wildman–Crippen LogP) is 5.28. The van der Waals surface area contributed by atoms with E-state index in [9.17, 15) is 10.2 Å². The Balaban J connectivity index is 1.46. The monoisotopic (exact) mass is 426 g/mol. The Labute approximate surface area is 188 Å². The molecule has 4 saturated carbocycles. The number of nitrogens with zero attached hydrogens (tertiary/aromatic N) is 2. The molecule has 4 heteroatoms. The molecule has 4 nitrogen and oxygen atoms in total. The summed E-state index contributed by atoms with van der Waals surface area (Å²) in [5.74, 6) is 2.75. The quantitative estimate of drug-likeness (QED) is 0.677. The Bertz CT molecular complexity index is 888. The van der Waals surface area contributed by atoms with Gasteiger partial charge in [0.1, 0.15) is 0 Å². The lowest BCUT2D eigenvalue weighted by atomic mass is 9.45. The smallest absolute Gasteiger partial charge is 0.0809 e. The fourth-order valence-corrected chi connectivity index (χ4v) is 8.65. The van der Waals surface area contributed by atoms with E-state index in [1.807, 2.05) is 0 Å². The van der Waals surface area contributed by atoms with Crippen molar-refractivity contribution in [1.82, 2.24) is 9.78 Å². The van der Waals surface area contributed by atoms with Crippen molar-refractivity contribution in [1.29, 1.82) is 0 Å². The number of aryl methyl sites for hydroxylation is 2. The lowest BCUT2D eigenvalue weighted by Gasteiger charge is -2.60. The molecule has 4 aliphatic rings. The summed E-state index contributed by atoms with van der Waals surface area (Å²) in [6, 6.07) is 0. The Morgan fingerprint density at radius 3 is 2.48 bits per heavy atom. The first-order valence-corrected chi connectivity index (χ1v) is 12.8. The van der Waals surface area contributed by atoms with E-state index in [1.54, 1.807) is 0 Å². The van der Waals surface area contributed by atoms with E-state index in [1.165, 1.54) is 42.5 Å². The SMILES string of the molecule is CCn1nc(C)c(/C=C2/C[C@H]3[C@@H]4CC[C@@H]5C[C@H](O)CC[C@]5(C)[C@H]4CC[C@]3(C)[C@@H]2O)c1C. The Hall–Kier alpha value is -1.13. The van der Waals surface area contributed by atoms with Gasteiger partial charge in [0.25, 0.3) is 0 Å². The zero-order valence-electron chi connectivity index (χ0n) is 20.2. The normalized spacial score (nSPS) is 46.0. The Morgan fingerprint density at radius 2 is 1.77 bits per heavy atom. The highest BCUT2D eigenvalue weighted by atomic mass is 16.3. The van der Waals surface area contributed by atoms with Gasteiger partial charge in [0.05, 0.1) is 17.9 Å². The summed E-state index contributed by atoms with van der Waals surface area (Å²) in [7, 11) is 0. The summed E-state index contributed by atoms with van der Waals surface area (Å²) in [6.45, 7) is 12.2. The van der Waals surface area contributed by atoms with Gasteiger partial charge in [0.15, 0.2) is 0 Å². The van der Waals surface area contributed by atoms with Crippen LogP contribution in [0, 0.1) is 48.3 Å². The molecule has 4 aliphatic carbocycles. The number of aliphatic hydroxyl groups excluding tert-OH is 2. The van der Waals surface area contributed by atoms with Crippen molar-refractivity contribution in [2.45, 2.75) is 105 Å². The number of aliphatic hydroxyl groups is 2. The van der Waals surface area contributed by atoms with Crippen molar-refractivity contribution >= 4 is 6.08 Å². The summed E-state index contributed by atoms with van der Waals surface area (Å²) < 4.78 is 2.08. The molecule has 4 fully saturated rings. The van der Waals surface area contributed by atoms with Gasteiger partial charge in [-0.3, -0.25) is 4.68 Å². The fourth-order valence-electron chi connectivity index (χ4n) is 8.65. The summed E-state index contributed by atoms with van der Waals surface area (Å²) >= 11 is 0. The summed E-state index contributed by atoms with van der Waals surface area (Å²) in [5.41, 5.74) is 5.13. The Morgan fingerprint density at radius 1 is 1.03 bits per heavy atom. The van der Waals surface area contributed by atoms with Crippen molar-refractivity contribution in [3.8, 4) is 0 Å². The van der Waals surface area contributed by atoms with Gasteiger partial charge in [0, 0.05) is 23.2 Å². The Kier molecular flexibility index (Phi) is 5.21. The highest BCUT2D eigenvalue weighted by molar-refractivity contribution is 5.59. The van der Waals surface area contributed by atoms with E-state index < -0.39 is 0 Å². The highest BCUT2D eigenvalue weighted by Gasteiger charge is 2.61. The maximum Gasteiger partial charge on any atom is 0.0809 e. The number of rotatable bonds is 2. The molecule has 5 rings (SSSR count). The first kappa shape index (κ1) is 21.7. The van der Waals surface area contributed by atoms with Gasteiger partial charge in [0.2, 0.25) is 0 Å². The highest BCUT2D eigenvalue weighted by Crippen LogP contribution is 2.67. The van der Waals surface area contributed by atoms with Crippen LogP contribution in [0.4, 0.5) is 0 Å². The first-order valence-electron chi connectivity index (χ1n) is 12.8. The van der Waals surface area contributed by atoms with Crippen LogP contribution in [0.1, 0.15) is 89.1 Å². The van der Waals surface area contributed by atoms with Gasteiger partial charge in [-0.2, -0.15) is 5.10 Å². The maximum atomic E-state index is 11.5. The van der Waals surface area contributed by atoms with Crippen LogP contribution in [0.2, 0.25) is 0 Å². The van der Waals surface area contributed by atoms with Crippen molar-refractivity contribution < 1.29 is 10.2 Å². The van der Waals surface area contributed by atoms with Gasteiger partial charge in [-0.1, -0.05) is 13.8 Å². The van der Waals surface area contributed by atoms with E-state index in [-0.39, 0.29) is 17.6 Å². The molecule has 31 heavy (non-hydrogen) atoms. The molecule has 8 atom stereocenters. The minimum atomic E-state index is -0.332. The van der Waals surface area contributed by atoms with E-state index in [4.69, 9.17) is 5.10 Å². The van der Waals surface area contributed by atoms with Gasteiger partial charge in [-0.25, -0.2) is 0 Å². The maximum absolute atomic E-state index is 11.5. The third kappa shape index (κ3) is 3.11. The van der Waals surface area contributed by atoms with Crippen LogP contribution in [0.5, 0.6) is 0 Å². The number of hydrogen-bond acceptors (Lipinski definition) is 3. The molecule has 0 radical (unpaired) electrons. The molecule has 172 valence electrons. The van der Waals surface area contributed by atoms with E-state index in [0.29, 0.717) is 17.3 Å². The topological polar surface area (TPSA) is 58.3 Å². The number of fused-ring (bicyclic) bond motifs is 5. The summed E-state index contributed by atoms with van der Waals surface area (Å²) in [5, 5.41) is 26.5. The van der Waals surface area contributed by atoms with Crippen LogP contribution >= 0.6 is 0 Å². The minimum Gasteiger partial charge on any atom is -0.393 e. The standard InChI is InChI=1S/C27H42N2O2/c1-6-29-17(3)22(16(2)28-29)13-18-14-24-21-8-7-19-15-20(30)9-11-26(19,4)23(21)10-12-27(24,5)25(18)31/h13,19-21,23-25,30-31H,6-12,14-15H2,1-5H3/b18-13-/t19-,20-,21-,23+,24+,25-,26+,27+/m1/s1. The zero-order valence-corrected chi connectivity index (χ0v) is 20.2. The van der Waals surface area contributed by atoms with Gasteiger partial charge in [-0.05, 0) is 113 Å². The molecule has 0 aliphatic heterocycles. The zero-order chi connectivity index (χ0) is 22.1. The number of hydrogen-bond donors (Lipinski definition) is 2. The van der Waals surface area contributed by atoms with Crippen LogP contribution in [0.25, 0.3) is 6.08 Å². The minimum absolute atomic E-state index is 0.00688. The average Bonchev–Trinajstić information content (AvgIpc) is 3.16.